The molecule has 94 valence electrons. The quantitative estimate of drug-likeness (QED) is 0.943. The van der Waals surface area contributed by atoms with E-state index in [-0.39, 0.29) is 11.5 Å². The number of benzene rings is 1. The Labute approximate surface area is 112 Å². The van der Waals surface area contributed by atoms with Gasteiger partial charge in [-0.1, -0.05) is 15.9 Å². The monoisotopic (exact) mass is 311 g/mol. The van der Waals surface area contributed by atoms with Crippen LogP contribution >= 0.6 is 15.9 Å². The van der Waals surface area contributed by atoms with E-state index in [4.69, 9.17) is 5.11 Å². The molecule has 1 N–H and O–H groups in total. The van der Waals surface area contributed by atoms with Crippen molar-refractivity contribution in [3.05, 3.63) is 57.6 Å². The van der Waals surface area contributed by atoms with Crippen LogP contribution in [0, 0.1) is 12.7 Å². The van der Waals surface area contributed by atoms with Crippen molar-refractivity contribution in [2.24, 2.45) is 0 Å². The molecular formula is C13H11BrFNO2. The van der Waals surface area contributed by atoms with Crippen LogP contribution in [0.2, 0.25) is 0 Å². The highest BCUT2D eigenvalue weighted by molar-refractivity contribution is 9.10. The van der Waals surface area contributed by atoms with Crippen molar-refractivity contribution in [1.82, 2.24) is 4.57 Å². The standard InChI is InChI=1S/C13H11BrFNO2/c1-8-2-3-16(12(8)13(17)18)7-9-4-10(14)6-11(15)5-9/h2-6H,7H2,1H3,(H,17,18). The van der Waals surface area contributed by atoms with Crippen LogP contribution in [0.15, 0.2) is 34.9 Å². The Kier molecular flexibility index (Phi) is 3.52. The van der Waals surface area contributed by atoms with Gasteiger partial charge in [0.25, 0.3) is 0 Å². The van der Waals surface area contributed by atoms with Gasteiger partial charge in [0.15, 0.2) is 0 Å². The maximum atomic E-state index is 13.2. The van der Waals surface area contributed by atoms with Crippen LogP contribution in [0.3, 0.4) is 0 Å². The van der Waals surface area contributed by atoms with E-state index >= 15 is 0 Å². The van der Waals surface area contributed by atoms with E-state index in [9.17, 15) is 9.18 Å². The summed E-state index contributed by atoms with van der Waals surface area (Å²) in [6, 6.07) is 6.26. The molecule has 0 unspecified atom stereocenters. The predicted octanol–water partition coefficient (Wildman–Crippen LogP) is 3.44. The lowest BCUT2D eigenvalue weighted by atomic mass is 10.2. The maximum Gasteiger partial charge on any atom is 0.352 e. The van der Waals surface area contributed by atoms with Gasteiger partial charge in [-0.2, -0.15) is 0 Å². The number of hydrogen-bond donors (Lipinski definition) is 1. The van der Waals surface area contributed by atoms with Crippen molar-refractivity contribution in [3.8, 4) is 0 Å². The molecule has 0 aliphatic rings. The van der Waals surface area contributed by atoms with Crippen molar-refractivity contribution < 1.29 is 14.3 Å². The number of aromatic carboxylic acids is 1. The topological polar surface area (TPSA) is 42.2 Å². The van der Waals surface area contributed by atoms with E-state index in [2.05, 4.69) is 15.9 Å². The number of halogens is 2. The minimum atomic E-state index is -0.979. The van der Waals surface area contributed by atoms with Crippen LogP contribution in [0.1, 0.15) is 21.6 Å². The first-order valence-electron chi connectivity index (χ1n) is 5.31. The Morgan fingerprint density at radius 1 is 1.44 bits per heavy atom. The predicted molar refractivity (Wildman–Crippen MR) is 69.3 cm³/mol. The number of carbonyl (C=O) groups is 1. The zero-order valence-electron chi connectivity index (χ0n) is 9.65. The molecule has 0 aliphatic carbocycles. The molecule has 18 heavy (non-hydrogen) atoms. The molecule has 0 radical (unpaired) electrons. The Balaban J connectivity index is 2.37. The van der Waals surface area contributed by atoms with Gasteiger partial charge in [0.2, 0.25) is 0 Å². The lowest BCUT2D eigenvalue weighted by Gasteiger charge is -2.08. The summed E-state index contributed by atoms with van der Waals surface area (Å²) >= 11 is 3.21. The average Bonchev–Trinajstić information content (AvgIpc) is 2.57. The molecule has 0 aliphatic heterocycles. The number of aryl methyl sites for hydroxylation is 1. The van der Waals surface area contributed by atoms with Crippen LogP contribution in [0.25, 0.3) is 0 Å². The fraction of sp³-hybridized carbons (Fsp3) is 0.154. The smallest absolute Gasteiger partial charge is 0.352 e. The summed E-state index contributed by atoms with van der Waals surface area (Å²) in [7, 11) is 0. The van der Waals surface area contributed by atoms with Gasteiger partial charge in [0.1, 0.15) is 11.5 Å². The van der Waals surface area contributed by atoms with Gasteiger partial charge in [0, 0.05) is 17.2 Å². The van der Waals surface area contributed by atoms with Crippen LogP contribution < -0.4 is 0 Å². The SMILES string of the molecule is Cc1ccn(Cc2cc(F)cc(Br)c2)c1C(=O)O. The van der Waals surface area contributed by atoms with E-state index in [1.54, 1.807) is 29.8 Å². The normalized spacial score (nSPS) is 10.6. The second-order valence-electron chi connectivity index (χ2n) is 4.06. The zero-order valence-corrected chi connectivity index (χ0v) is 11.2. The minimum Gasteiger partial charge on any atom is -0.477 e. The number of aromatic nitrogens is 1. The number of hydrogen-bond acceptors (Lipinski definition) is 1. The first-order valence-corrected chi connectivity index (χ1v) is 6.10. The molecule has 2 aromatic rings. The third-order valence-electron chi connectivity index (χ3n) is 2.64. The van der Waals surface area contributed by atoms with Gasteiger partial charge in [-0.25, -0.2) is 9.18 Å². The van der Waals surface area contributed by atoms with Gasteiger partial charge < -0.3 is 9.67 Å². The Bertz CT molecular complexity index is 587. The molecular weight excluding hydrogens is 301 g/mol. The van der Waals surface area contributed by atoms with E-state index < -0.39 is 5.97 Å². The number of rotatable bonds is 3. The third kappa shape index (κ3) is 2.61. The second kappa shape index (κ2) is 4.94. The van der Waals surface area contributed by atoms with E-state index in [0.29, 0.717) is 22.1 Å². The van der Waals surface area contributed by atoms with Gasteiger partial charge in [-0.15, -0.1) is 0 Å². The first-order chi connectivity index (χ1) is 8.47. The Morgan fingerprint density at radius 3 is 2.78 bits per heavy atom. The van der Waals surface area contributed by atoms with Crippen LogP contribution in [-0.4, -0.2) is 15.6 Å². The van der Waals surface area contributed by atoms with E-state index in [1.807, 2.05) is 0 Å². The fourth-order valence-electron chi connectivity index (χ4n) is 1.90. The molecule has 0 spiro atoms. The molecule has 0 fully saturated rings. The molecule has 1 heterocycles. The summed E-state index contributed by atoms with van der Waals surface area (Å²) in [6.45, 7) is 2.06. The van der Waals surface area contributed by atoms with Gasteiger partial charge in [-0.05, 0) is 42.3 Å². The number of carboxylic acids is 1. The number of nitrogens with zero attached hydrogens (tertiary/aromatic N) is 1. The summed E-state index contributed by atoms with van der Waals surface area (Å²) in [5.41, 5.74) is 1.63. The lowest BCUT2D eigenvalue weighted by Crippen LogP contribution is -2.10. The van der Waals surface area contributed by atoms with Crippen LogP contribution in [0.5, 0.6) is 0 Å². The highest BCUT2D eigenvalue weighted by Gasteiger charge is 2.13. The first kappa shape index (κ1) is 12.8. The fourth-order valence-corrected chi connectivity index (χ4v) is 2.42. The maximum absolute atomic E-state index is 13.2. The summed E-state index contributed by atoms with van der Waals surface area (Å²) < 4.78 is 15.5. The van der Waals surface area contributed by atoms with Gasteiger partial charge in [0.05, 0.1) is 0 Å². The van der Waals surface area contributed by atoms with Crippen molar-refractivity contribution in [3.63, 3.8) is 0 Å². The molecule has 2 rings (SSSR count). The van der Waals surface area contributed by atoms with E-state index in [1.165, 1.54) is 12.1 Å². The molecule has 1 aromatic carbocycles. The minimum absolute atomic E-state index is 0.232. The molecule has 3 nitrogen and oxygen atoms in total. The molecule has 0 atom stereocenters. The van der Waals surface area contributed by atoms with Crippen molar-refractivity contribution in [1.29, 1.82) is 0 Å². The van der Waals surface area contributed by atoms with Crippen molar-refractivity contribution >= 4 is 21.9 Å². The largest absolute Gasteiger partial charge is 0.477 e. The third-order valence-corrected chi connectivity index (χ3v) is 3.10. The number of carboxylic acid groups (broad SMARTS) is 1. The molecule has 0 amide bonds. The van der Waals surface area contributed by atoms with Crippen molar-refractivity contribution in [2.45, 2.75) is 13.5 Å². The van der Waals surface area contributed by atoms with E-state index in [0.717, 1.165) is 0 Å². The summed E-state index contributed by atoms with van der Waals surface area (Å²) in [5.74, 6) is -1.33. The van der Waals surface area contributed by atoms with Crippen LogP contribution in [-0.2, 0) is 6.54 Å². The highest BCUT2D eigenvalue weighted by atomic mass is 79.9. The molecule has 5 heteroatoms. The Hall–Kier alpha value is -1.62. The summed E-state index contributed by atoms with van der Waals surface area (Å²) in [6.07, 6.45) is 1.69. The lowest BCUT2D eigenvalue weighted by molar-refractivity contribution is 0.0685. The summed E-state index contributed by atoms with van der Waals surface area (Å²) in [4.78, 5) is 11.1. The molecule has 0 saturated heterocycles. The molecule has 0 bridgehead atoms. The molecule has 0 saturated carbocycles. The van der Waals surface area contributed by atoms with Crippen LogP contribution in [0.4, 0.5) is 4.39 Å². The van der Waals surface area contributed by atoms with Gasteiger partial charge in [-0.3, -0.25) is 0 Å². The highest BCUT2D eigenvalue weighted by Crippen LogP contribution is 2.18. The average molecular weight is 312 g/mol. The van der Waals surface area contributed by atoms with Gasteiger partial charge >= 0.3 is 5.97 Å². The molecule has 1 aromatic heterocycles. The second-order valence-corrected chi connectivity index (χ2v) is 4.97. The summed E-state index contributed by atoms with van der Waals surface area (Å²) in [5, 5.41) is 9.12. The van der Waals surface area contributed by atoms with Crippen molar-refractivity contribution in [2.75, 3.05) is 0 Å². The Morgan fingerprint density at radius 2 is 2.17 bits per heavy atom. The zero-order chi connectivity index (χ0) is 13.3.